The lowest BCUT2D eigenvalue weighted by Crippen LogP contribution is -2.17. The van der Waals surface area contributed by atoms with Crippen LogP contribution in [0.5, 0.6) is 11.5 Å². The molecule has 0 radical (unpaired) electrons. The van der Waals surface area contributed by atoms with Gasteiger partial charge in [-0.15, -0.1) is 0 Å². The van der Waals surface area contributed by atoms with Crippen molar-refractivity contribution >= 4 is 39.7 Å². The number of rotatable bonds is 7. The molecule has 148 valence electrons. The van der Waals surface area contributed by atoms with Crippen LogP contribution in [-0.4, -0.2) is 19.2 Å². The Balaban J connectivity index is 1.61. The Morgan fingerprint density at radius 2 is 1.79 bits per heavy atom. The molecule has 0 atom stereocenters. The van der Waals surface area contributed by atoms with Crippen LogP contribution >= 0.6 is 27.5 Å². The maximum Gasteiger partial charge on any atom is 0.271 e. The Morgan fingerprint density at radius 3 is 2.48 bits per heavy atom. The standard InChI is InChI=1S/C22H18BrClN2O3/c1-28-21-12-16(13-25-26-22(27)17-5-9-19(24)10-6-17)4-11-20(21)29-14-15-2-7-18(23)8-3-15/h2-13H,14H2,1H3,(H,26,27)/b25-13+. The van der Waals surface area contributed by atoms with Gasteiger partial charge < -0.3 is 9.47 Å². The van der Waals surface area contributed by atoms with Crippen molar-refractivity contribution in [1.82, 2.24) is 5.43 Å². The number of carbonyl (C=O) groups excluding carboxylic acids is 1. The third kappa shape index (κ3) is 6.07. The number of halogens is 2. The number of carbonyl (C=O) groups is 1. The molecule has 0 heterocycles. The van der Waals surface area contributed by atoms with Crippen LogP contribution in [0.3, 0.4) is 0 Å². The number of amides is 1. The fourth-order valence-electron chi connectivity index (χ4n) is 2.46. The van der Waals surface area contributed by atoms with Crippen LogP contribution in [0.15, 0.2) is 76.3 Å². The number of hydrogen-bond acceptors (Lipinski definition) is 4. The van der Waals surface area contributed by atoms with Gasteiger partial charge in [0.1, 0.15) is 6.61 Å². The molecule has 0 aromatic heterocycles. The van der Waals surface area contributed by atoms with E-state index in [0.717, 1.165) is 15.6 Å². The minimum atomic E-state index is -0.320. The fraction of sp³-hybridized carbons (Fsp3) is 0.0909. The first-order valence-electron chi connectivity index (χ1n) is 8.69. The molecule has 0 aliphatic heterocycles. The molecule has 0 saturated heterocycles. The van der Waals surface area contributed by atoms with Crippen molar-refractivity contribution in [3.05, 3.63) is 92.9 Å². The third-order valence-corrected chi connectivity index (χ3v) is 4.76. The molecule has 0 unspecified atom stereocenters. The summed E-state index contributed by atoms with van der Waals surface area (Å²) in [5.74, 6) is 0.882. The monoisotopic (exact) mass is 472 g/mol. The van der Waals surface area contributed by atoms with Gasteiger partial charge in [-0.25, -0.2) is 5.43 Å². The van der Waals surface area contributed by atoms with Crippen molar-refractivity contribution in [3.63, 3.8) is 0 Å². The molecule has 0 spiro atoms. The smallest absolute Gasteiger partial charge is 0.271 e. The van der Waals surface area contributed by atoms with E-state index in [0.29, 0.717) is 28.7 Å². The quantitative estimate of drug-likeness (QED) is 0.366. The van der Waals surface area contributed by atoms with Crippen LogP contribution in [0.4, 0.5) is 0 Å². The van der Waals surface area contributed by atoms with Crippen LogP contribution < -0.4 is 14.9 Å². The predicted octanol–water partition coefficient (Wildman–Crippen LogP) is 5.45. The Hall–Kier alpha value is -2.83. The molecule has 0 saturated carbocycles. The molecule has 0 fully saturated rings. The Kier molecular flexibility index (Phi) is 7.27. The lowest BCUT2D eigenvalue weighted by atomic mass is 10.2. The van der Waals surface area contributed by atoms with Crippen molar-refractivity contribution in [2.24, 2.45) is 5.10 Å². The van der Waals surface area contributed by atoms with Crippen LogP contribution in [0.2, 0.25) is 5.02 Å². The van der Waals surface area contributed by atoms with E-state index in [1.165, 1.54) is 6.21 Å². The SMILES string of the molecule is COc1cc(/C=N/NC(=O)c2ccc(Cl)cc2)ccc1OCc1ccc(Br)cc1. The highest BCUT2D eigenvalue weighted by atomic mass is 79.9. The van der Waals surface area contributed by atoms with E-state index in [2.05, 4.69) is 26.5 Å². The highest BCUT2D eigenvalue weighted by Gasteiger charge is 2.07. The van der Waals surface area contributed by atoms with Gasteiger partial charge >= 0.3 is 0 Å². The highest BCUT2D eigenvalue weighted by Crippen LogP contribution is 2.28. The van der Waals surface area contributed by atoms with Crippen molar-refractivity contribution in [2.45, 2.75) is 6.61 Å². The van der Waals surface area contributed by atoms with E-state index in [1.54, 1.807) is 43.5 Å². The minimum absolute atomic E-state index is 0.320. The first-order chi connectivity index (χ1) is 14.0. The van der Waals surface area contributed by atoms with Crippen molar-refractivity contribution < 1.29 is 14.3 Å². The lowest BCUT2D eigenvalue weighted by molar-refractivity contribution is 0.0955. The average molecular weight is 474 g/mol. The summed E-state index contributed by atoms with van der Waals surface area (Å²) in [7, 11) is 1.57. The number of hydrogen-bond donors (Lipinski definition) is 1. The molecular formula is C22H18BrClN2O3. The van der Waals surface area contributed by atoms with Gasteiger partial charge in [-0.05, 0) is 65.7 Å². The molecule has 0 aliphatic carbocycles. The summed E-state index contributed by atoms with van der Waals surface area (Å²) >= 11 is 9.23. The van der Waals surface area contributed by atoms with E-state index < -0.39 is 0 Å². The number of benzene rings is 3. The summed E-state index contributed by atoms with van der Waals surface area (Å²) < 4.78 is 12.3. The zero-order chi connectivity index (χ0) is 20.6. The zero-order valence-electron chi connectivity index (χ0n) is 15.6. The molecule has 3 aromatic carbocycles. The van der Waals surface area contributed by atoms with Crippen LogP contribution in [0.1, 0.15) is 21.5 Å². The fourth-order valence-corrected chi connectivity index (χ4v) is 2.85. The summed E-state index contributed by atoms with van der Waals surface area (Å²) in [5, 5.41) is 4.56. The van der Waals surface area contributed by atoms with Gasteiger partial charge in [0.05, 0.1) is 13.3 Å². The van der Waals surface area contributed by atoms with Crippen LogP contribution in [0, 0.1) is 0 Å². The molecule has 0 aliphatic rings. The van der Waals surface area contributed by atoms with Gasteiger partial charge in [0.25, 0.3) is 5.91 Å². The van der Waals surface area contributed by atoms with Gasteiger partial charge in [-0.1, -0.05) is 39.7 Å². The maximum atomic E-state index is 12.0. The minimum Gasteiger partial charge on any atom is -0.493 e. The number of methoxy groups -OCH3 is 1. The molecule has 1 amide bonds. The molecule has 3 rings (SSSR count). The van der Waals surface area contributed by atoms with Crippen LogP contribution in [0.25, 0.3) is 0 Å². The van der Waals surface area contributed by atoms with Gasteiger partial charge in [0.2, 0.25) is 0 Å². The van der Waals surface area contributed by atoms with E-state index in [1.807, 2.05) is 30.3 Å². The van der Waals surface area contributed by atoms with Gasteiger partial charge in [-0.3, -0.25) is 4.79 Å². The van der Waals surface area contributed by atoms with Gasteiger partial charge in [0, 0.05) is 15.1 Å². The van der Waals surface area contributed by atoms with Gasteiger partial charge in [-0.2, -0.15) is 5.10 Å². The normalized spacial score (nSPS) is 10.7. The summed E-state index contributed by atoms with van der Waals surface area (Å²) in [4.78, 5) is 12.0. The molecule has 29 heavy (non-hydrogen) atoms. The lowest BCUT2D eigenvalue weighted by Gasteiger charge is -2.11. The summed E-state index contributed by atoms with van der Waals surface area (Å²) in [6.45, 7) is 0.425. The predicted molar refractivity (Wildman–Crippen MR) is 118 cm³/mol. The Labute approximate surface area is 182 Å². The van der Waals surface area contributed by atoms with Gasteiger partial charge in [0.15, 0.2) is 11.5 Å². The number of hydrazone groups is 1. The largest absolute Gasteiger partial charge is 0.493 e. The molecule has 1 N–H and O–H groups in total. The molecule has 7 heteroatoms. The molecule has 5 nitrogen and oxygen atoms in total. The summed E-state index contributed by atoms with van der Waals surface area (Å²) in [6.07, 6.45) is 1.54. The number of ether oxygens (including phenoxy) is 2. The van der Waals surface area contributed by atoms with E-state index in [9.17, 15) is 4.79 Å². The molecule has 0 bridgehead atoms. The van der Waals surface area contributed by atoms with Crippen molar-refractivity contribution in [3.8, 4) is 11.5 Å². The molecule has 3 aromatic rings. The second kappa shape index (κ2) is 10.1. The third-order valence-electron chi connectivity index (χ3n) is 3.98. The molecular weight excluding hydrogens is 456 g/mol. The van der Waals surface area contributed by atoms with E-state index >= 15 is 0 Å². The number of nitrogens with one attached hydrogen (secondary N) is 1. The van der Waals surface area contributed by atoms with Crippen LogP contribution in [-0.2, 0) is 6.61 Å². The van der Waals surface area contributed by atoms with Crippen molar-refractivity contribution in [2.75, 3.05) is 7.11 Å². The maximum absolute atomic E-state index is 12.0. The average Bonchev–Trinajstić information content (AvgIpc) is 2.74. The zero-order valence-corrected chi connectivity index (χ0v) is 17.9. The first-order valence-corrected chi connectivity index (χ1v) is 9.86. The van der Waals surface area contributed by atoms with E-state index in [-0.39, 0.29) is 5.91 Å². The van der Waals surface area contributed by atoms with Crippen molar-refractivity contribution in [1.29, 1.82) is 0 Å². The number of nitrogens with zero attached hydrogens (tertiary/aromatic N) is 1. The second-order valence-corrected chi connectivity index (χ2v) is 7.38. The van der Waals surface area contributed by atoms with E-state index in [4.69, 9.17) is 21.1 Å². The summed E-state index contributed by atoms with van der Waals surface area (Å²) in [6, 6.07) is 19.9. The Bertz CT molecular complexity index is 1010. The first kappa shape index (κ1) is 20.9. The highest BCUT2D eigenvalue weighted by molar-refractivity contribution is 9.10. The topological polar surface area (TPSA) is 59.9 Å². The Morgan fingerprint density at radius 1 is 1.07 bits per heavy atom. The summed E-state index contributed by atoms with van der Waals surface area (Å²) in [5.41, 5.74) is 4.76. The second-order valence-electron chi connectivity index (χ2n) is 6.03.